The fraction of sp³-hybridized carbons (Fsp3) is 0.714. The molecule has 0 aromatic carbocycles. The highest BCUT2D eigenvalue weighted by atomic mass is 32.1. The van der Waals surface area contributed by atoms with Gasteiger partial charge in [-0.05, 0) is 31.4 Å². The number of aliphatic hydroxyl groups is 1. The minimum absolute atomic E-state index is 0.134. The maximum atomic E-state index is 8.74. The number of nitrogens with zero attached hydrogens (tertiary/aromatic N) is 1. The van der Waals surface area contributed by atoms with Crippen molar-refractivity contribution in [1.29, 1.82) is 0 Å². The van der Waals surface area contributed by atoms with Gasteiger partial charge in [0.2, 0.25) is 0 Å². The predicted molar refractivity (Wildman–Crippen MR) is 75.0 cm³/mol. The molecule has 3 nitrogen and oxygen atoms in total. The number of likely N-dealkylation sites (tertiary alicyclic amines) is 1. The van der Waals surface area contributed by atoms with Crippen LogP contribution in [0.1, 0.15) is 29.5 Å². The van der Waals surface area contributed by atoms with Crippen molar-refractivity contribution in [3.8, 4) is 0 Å². The second kappa shape index (κ2) is 7.24. The summed E-state index contributed by atoms with van der Waals surface area (Å²) in [6.45, 7) is 6.12. The Morgan fingerprint density at radius 2 is 2.06 bits per heavy atom. The first-order valence-corrected chi connectivity index (χ1v) is 7.66. The first kappa shape index (κ1) is 14.0. The van der Waals surface area contributed by atoms with Crippen LogP contribution in [0.3, 0.4) is 0 Å². The molecular weight excluding hydrogens is 246 g/mol. The van der Waals surface area contributed by atoms with Crippen LogP contribution in [-0.2, 0) is 17.7 Å². The fourth-order valence-corrected chi connectivity index (χ4v) is 3.37. The van der Waals surface area contributed by atoms with Gasteiger partial charge >= 0.3 is 0 Å². The van der Waals surface area contributed by atoms with Gasteiger partial charge in [-0.2, -0.15) is 0 Å². The molecule has 0 unspecified atom stereocenters. The lowest BCUT2D eigenvalue weighted by Crippen LogP contribution is -2.36. The summed E-state index contributed by atoms with van der Waals surface area (Å²) in [4.78, 5) is 5.46. The van der Waals surface area contributed by atoms with Gasteiger partial charge in [-0.1, -0.05) is 6.92 Å². The molecule has 0 saturated carbocycles. The van der Waals surface area contributed by atoms with E-state index < -0.39 is 0 Å². The third-order valence-corrected chi connectivity index (χ3v) is 4.64. The van der Waals surface area contributed by atoms with Crippen molar-refractivity contribution >= 4 is 11.3 Å². The average Bonchev–Trinajstić information content (AvgIpc) is 2.86. The SMILES string of the molecule is CCc1ccc(CN2CCC(OCCO)CC2)s1. The maximum absolute atomic E-state index is 8.74. The molecule has 0 spiro atoms. The van der Waals surface area contributed by atoms with E-state index in [0.29, 0.717) is 12.7 Å². The molecule has 0 amide bonds. The Kier molecular flexibility index (Phi) is 5.63. The Labute approximate surface area is 113 Å². The number of rotatable bonds is 6. The molecule has 102 valence electrons. The minimum Gasteiger partial charge on any atom is -0.394 e. The first-order chi connectivity index (χ1) is 8.81. The highest BCUT2D eigenvalue weighted by Gasteiger charge is 2.19. The molecule has 0 atom stereocenters. The molecular formula is C14H23NO2S. The van der Waals surface area contributed by atoms with E-state index in [9.17, 15) is 0 Å². The molecule has 1 N–H and O–H groups in total. The number of ether oxygens (including phenoxy) is 1. The summed E-state index contributed by atoms with van der Waals surface area (Å²) in [7, 11) is 0. The van der Waals surface area contributed by atoms with Gasteiger partial charge in [0.15, 0.2) is 0 Å². The fourth-order valence-electron chi connectivity index (χ4n) is 2.37. The Balaban J connectivity index is 1.73. The van der Waals surface area contributed by atoms with E-state index in [2.05, 4.69) is 24.0 Å². The Bertz CT molecular complexity index is 345. The molecule has 0 radical (unpaired) electrons. The highest BCUT2D eigenvalue weighted by molar-refractivity contribution is 7.11. The zero-order chi connectivity index (χ0) is 12.8. The van der Waals surface area contributed by atoms with Gasteiger partial charge in [0.25, 0.3) is 0 Å². The van der Waals surface area contributed by atoms with Crippen LogP contribution < -0.4 is 0 Å². The van der Waals surface area contributed by atoms with Crippen LogP contribution in [0.15, 0.2) is 12.1 Å². The van der Waals surface area contributed by atoms with Crippen LogP contribution in [0, 0.1) is 0 Å². The Morgan fingerprint density at radius 1 is 1.33 bits per heavy atom. The molecule has 1 aliphatic rings. The zero-order valence-electron chi connectivity index (χ0n) is 11.1. The van der Waals surface area contributed by atoms with Crippen molar-refractivity contribution in [2.45, 2.75) is 38.8 Å². The van der Waals surface area contributed by atoms with Crippen molar-refractivity contribution in [3.63, 3.8) is 0 Å². The van der Waals surface area contributed by atoms with Crippen molar-refractivity contribution in [2.24, 2.45) is 0 Å². The third kappa shape index (κ3) is 4.05. The van der Waals surface area contributed by atoms with E-state index in [0.717, 1.165) is 38.9 Å². The molecule has 1 saturated heterocycles. The molecule has 2 rings (SSSR count). The van der Waals surface area contributed by atoms with Crippen molar-refractivity contribution in [2.75, 3.05) is 26.3 Å². The highest BCUT2D eigenvalue weighted by Crippen LogP contribution is 2.21. The van der Waals surface area contributed by atoms with Crippen LogP contribution >= 0.6 is 11.3 Å². The Morgan fingerprint density at radius 3 is 2.67 bits per heavy atom. The summed E-state index contributed by atoms with van der Waals surface area (Å²) in [6, 6.07) is 4.51. The monoisotopic (exact) mass is 269 g/mol. The normalized spacial score (nSPS) is 18.3. The molecule has 1 aromatic rings. The smallest absolute Gasteiger partial charge is 0.0701 e. The van der Waals surface area contributed by atoms with Gasteiger partial charge in [0.05, 0.1) is 19.3 Å². The summed E-state index contributed by atoms with van der Waals surface area (Å²) in [6.07, 6.45) is 3.67. The number of hydrogen-bond donors (Lipinski definition) is 1. The number of aryl methyl sites for hydroxylation is 1. The van der Waals surface area contributed by atoms with Crippen molar-refractivity contribution in [1.82, 2.24) is 4.90 Å². The lowest BCUT2D eigenvalue weighted by molar-refractivity contribution is -0.00886. The molecule has 0 aliphatic carbocycles. The first-order valence-electron chi connectivity index (χ1n) is 6.84. The van der Waals surface area contributed by atoms with E-state index in [1.807, 2.05) is 11.3 Å². The molecule has 1 aromatic heterocycles. The summed E-state index contributed by atoms with van der Waals surface area (Å²) in [5.41, 5.74) is 0. The second-order valence-electron chi connectivity index (χ2n) is 4.79. The van der Waals surface area contributed by atoms with Gasteiger partial charge in [-0.3, -0.25) is 4.90 Å². The van der Waals surface area contributed by atoms with Gasteiger partial charge in [0, 0.05) is 29.4 Å². The summed E-state index contributed by atoms with van der Waals surface area (Å²) in [5.74, 6) is 0. The van der Waals surface area contributed by atoms with Crippen LogP contribution in [0.2, 0.25) is 0 Å². The van der Waals surface area contributed by atoms with Crippen molar-refractivity contribution in [3.05, 3.63) is 21.9 Å². The molecule has 18 heavy (non-hydrogen) atoms. The molecule has 0 bridgehead atoms. The third-order valence-electron chi connectivity index (χ3n) is 3.42. The van der Waals surface area contributed by atoms with Gasteiger partial charge in [-0.25, -0.2) is 0 Å². The number of aliphatic hydroxyl groups excluding tert-OH is 1. The summed E-state index contributed by atoms with van der Waals surface area (Å²) in [5, 5.41) is 8.74. The summed E-state index contributed by atoms with van der Waals surface area (Å²) >= 11 is 1.94. The van der Waals surface area contributed by atoms with E-state index in [-0.39, 0.29) is 6.61 Å². The summed E-state index contributed by atoms with van der Waals surface area (Å²) < 4.78 is 5.58. The minimum atomic E-state index is 0.134. The van der Waals surface area contributed by atoms with E-state index in [4.69, 9.17) is 9.84 Å². The molecule has 4 heteroatoms. The maximum Gasteiger partial charge on any atom is 0.0701 e. The lowest BCUT2D eigenvalue weighted by atomic mass is 10.1. The Hall–Kier alpha value is -0.420. The number of hydrogen-bond acceptors (Lipinski definition) is 4. The number of piperidine rings is 1. The van der Waals surface area contributed by atoms with E-state index in [1.54, 1.807) is 0 Å². The quantitative estimate of drug-likeness (QED) is 0.860. The largest absolute Gasteiger partial charge is 0.394 e. The molecule has 1 aliphatic heterocycles. The standard InChI is InChI=1S/C14H23NO2S/c1-2-13-3-4-14(18-13)11-15-7-5-12(6-8-15)17-10-9-16/h3-4,12,16H,2,5-11H2,1H3. The van der Waals surface area contributed by atoms with Crippen molar-refractivity contribution < 1.29 is 9.84 Å². The topological polar surface area (TPSA) is 32.7 Å². The molecule has 1 fully saturated rings. The van der Waals surface area contributed by atoms with E-state index in [1.165, 1.54) is 9.75 Å². The van der Waals surface area contributed by atoms with Crippen LogP contribution in [0.25, 0.3) is 0 Å². The van der Waals surface area contributed by atoms with Crippen LogP contribution in [0.4, 0.5) is 0 Å². The van der Waals surface area contributed by atoms with Crippen LogP contribution in [-0.4, -0.2) is 42.4 Å². The average molecular weight is 269 g/mol. The second-order valence-corrected chi connectivity index (χ2v) is 6.04. The zero-order valence-corrected chi connectivity index (χ0v) is 11.9. The number of thiophene rings is 1. The molecule has 2 heterocycles. The predicted octanol–water partition coefficient (Wildman–Crippen LogP) is 2.28. The van der Waals surface area contributed by atoms with E-state index >= 15 is 0 Å². The van der Waals surface area contributed by atoms with Gasteiger partial charge < -0.3 is 9.84 Å². The van der Waals surface area contributed by atoms with Gasteiger partial charge in [0.1, 0.15) is 0 Å². The van der Waals surface area contributed by atoms with Crippen LogP contribution in [0.5, 0.6) is 0 Å². The lowest BCUT2D eigenvalue weighted by Gasteiger charge is -2.31. The van der Waals surface area contributed by atoms with Gasteiger partial charge in [-0.15, -0.1) is 11.3 Å².